The highest BCUT2D eigenvalue weighted by Gasteiger charge is 1.94. The summed E-state index contributed by atoms with van der Waals surface area (Å²) in [7, 11) is 0. The number of unbranched alkanes of at least 4 members (excludes halogenated alkanes) is 6. The fourth-order valence-electron chi connectivity index (χ4n) is 1.47. The molecule has 0 heterocycles. The van der Waals surface area contributed by atoms with Gasteiger partial charge >= 0.3 is 0 Å². The summed E-state index contributed by atoms with van der Waals surface area (Å²) in [6, 6.07) is 0. The summed E-state index contributed by atoms with van der Waals surface area (Å²) in [5.74, 6) is -0.594. The number of amides is 2. The van der Waals surface area contributed by atoms with Gasteiger partial charge in [0.05, 0.1) is 0 Å². The molecule has 0 aromatic rings. The van der Waals surface area contributed by atoms with Crippen molar-refractivity contribution in [3.63, 3.8) is 0 Å². The molecule has 4 heteroatoms. The number of carbonyl (C=O) groups is 2. The van der Waals surface area contributed by atoms with Gasteiger partial charge in [-0.15, -0.1) is 0 Å². The van der Waals surface area contributed by atoms with Gasteiger partial charge in [0.1, 0.15) is 0 Å². The Morgan fingerprint density at radius 1 is 0.875 bits per heavy atom. The first-order valence-corrected chi connectivity index (χ1v) is 5.87. The zero-order valence-electron chi connectivity index (χ0n) is 9.78. The molecule has 0 unspecified atom stereocenters. The molecule has 2 amide bonds. The number of nitrogens with two attached hydrogens (primary N) is 2. The zero-order chi connectivity index (χ0) is 12.2. The minimum Gasteiger partial charge on any atom is -0.370 e. The van der Waals surface area contributed by atoms with E-state index >= 15 is 0 Å². The average Bonchev–Trinajstić information content (AvgIpc) is 2.20. The van der Waals surface area contributed by atoms with Gasteiger partial charge in [-0.2, -0.15) is 0 Å². The molecule has 0 aliphatic carbocycles. The molecule has 0 rings (SSSR count). The van der Waals surface area contributed by atoms with E-state index in [4.69, 9.17) is 11.5 Å². The number of allylic oxidation sites excluding steroid dienone is 1. The monoisotopic (exact) mass is 226 g/mol. The van der Waals surface area contributed by atoms with E-state index in [1.807, 2.05) is 6.08 Å². The third-order valence-corrected chi connectivity index (χ3v) is 2.33. The minimum atomic E-state index is -0.383. The molecule has 0 radical (unpaired) electrons. The summed E-state index contributed by atoms with van der Waals surface area (Å²) < 4.78 is 0. The largest absolute Gasteiger partial charge is 0.370 e. The van der Waals surface area contributed by atoms with Crippen LogP contribution in [0, 0.1) is 0 Å². The molecule has 92 valence electrons. The highest BCUT2D eigenvalue weighted by Crippen LogP contribution is 2.08. The van der Waals surface area contributed by atoms with Crippen LogP contribution in [0.25, 0.3) is 0 Å². The molecule has 0 saturated heterocycles. The Labute approximate surface area is 97.1 Å². The van der Waals surface area contributed by atoms with Gasteiger partial charge in [0.15, 0.2) is 0 Å². The van der Waals surface area contributed by atoms with Gasteiger partial charge in [0.2, 0.25) is 11.8 Å². The van der Waals surface area contributed by atoms with Crippen LogP contribution in [0.1, 0.15) is 51.4 Å². The molecular formula is C12H22N2O2. The second-order valence-corrected chi connectivity index (χ2v) is 3.93. The molecule has 0 bridgehead atoms. The summed E-state index contributed by atoms with van der Waals surface area (Å²) in [6.45, 7) is 0. The second-order valence-electron chi connectivity index (χ2n) is 3.93. The van der Waals surface area contributed by atoms with Crippen molar-refractivity contribution in [1.82, 2.24) is 0 Å². The van der Waals surface area contributed by atoms with Crippen molar-refractivity contribution >= 4 is 11.8 Å². The topological polar surface area (TPSA) is 86.2 Å². The SMILES string of the molecule is NC(=O)/C=C/CCCCCCCCC(N)=O. The fourth-order valence-corrected chi connectivity index (χ4v) is 1.47. The summed E-state index contributed by atoms with van der Waals surface area (Å²) in [6.07, 6.45) is 11.2. The molecule has 0 atom stereocenters. The molecule has 0 aliphatic heterocycles. The van der Waals surface area contributed by atoms with E-state index in [9.17, 15) is 9.59 Å². The molecule has 0 spiro atoms. The number of rotatable bonds is 10. The van der Waals surface area contributed by atoms with Crippen molar-refractivity contribution in [2.75, 3.05) is 0 Å². The lowest BCUT2D eigenvalue weighted by Gasteiger charge is -1.99. The van der Waals surface area contributed by atoms with Crippen LogP contribution in [0.2, 0.25) is 0 Å². The number of primary amides is 2. The smallest absolute Gasteiger partial charge is 0.241 e. The molecule has 0 aliphatic rings. The molecule has 0 fully saturated rings. The minimum absolute atomic E-state index is 0.211. The maximum atomic E-state index is 10.4. The van der Waals surface area contributed by atoms with Crippen LogP contribution >= 0.6 is 0 Å². The first kappa shape index (κ1) is 14.7. The van der Waals surface area contributed by atoms with Crippen molar-refractivity contribution in [3.05, 3.63) is 12.2 Å². The zero-order valence-corrected chi connectivity index (χ0v) is 9.78. The van der Waals surface area contributed by atoms with Crippen LogP contribution in [0.15, 0.2) is 12.2 Å². The number of hydrogen-bond acceptors (Lipinski definition) is 2. The molecule has 0 saturated carbocycles. The summed E-state index contributed by atoms with van der Waals surface area (Å²) >= 11 is 0. The first-order valence-electron chi connectivity index (χ1n) is 5.87. The maximum absolute atomic E-state index is 10.4. The third kappa shape index (κ3) is 12.7. The van der Waals surface area contributed by atoms with Crippen molar-refractivity contribution in [2.45, 2.75) is 51.4 Å². The van der Waals surface area contributed by atoms with E-state index in [0.29, 0.717) is 6.42 Å². The first-order chi connectivity index (χ1) is 7.63. The van der Waals surface area contributed by atoms with E-state index in [-0.39, 0.29) is 11.8 Å². The van der Waals surface area contributed by atoms with Crippen molar-refractivity contribution in [2.24, 2.45) is 11.5 Å². The van der Waals surface area contributed by atoms with Crippen LogP contribution in [-0.4, -0.2) is 11.8 Å². The van der Waals surface area contributed by atoms with Gasteiger partial charge in [0.25, 0.3) is 0 Å². The van der Waals surface area contributed by atoms with Crippen LogP contribution in [0.5, 0.6) is 0 Å². The lowest BCUT2D eigenvalue weighted by molar-refractivity contribution is -0.118. The summed E-state index contributed by atoms with van der Waals surface area (Å²) in [5, 5.41) is 0. The number of hydrogen-bond donors (Lipinski definition) is 2. The van der Waals surface area contributed by atoms with Gasteiger partial charge in [-0.25, -0.2) is 0 Å². The van der Waals surface area contributed by atoms with Crippen LogP contribution in [-0.2, 0) is 9.59 Å². The predicted molar refractivity (Wildman–Crippen MR) is 64.5 cm³/mol. The fraction of sp³-hybridized carbons (Fsp3) is 0.667. The molecular weight excluding hydrogens is 204 g/mol. The Kier molecular flexibility index (Phi) is 9.36. The van der Waals surface area contributed by atoms with Crippen molar-refractivity contribution in [1.29, 1.82) is 0 Å². The molecule has 0 aromatic heterocycles. The quantitative estimate of drug-likeness (QED) is 0.438. The standard InChI is InChI=1S/C12H22N2O2/c13-11(15)9-7-5-3-1-2-4-6-8-10-12(14)16/h7,9H,1-6,8,10H2,(H2,13,15)(H2,14,16)/b9-7+. The van der Waals surface area contributed by atoms with E-state index in [1.165, 1.54) is 12.5 Å². The van der Waals surface area contributed by atoms with Crippen LogP contribution in [0.4, 0.5) is 0 Å². The second kappa shape index (κ2) is 10.2. The Hall–Kier alpha value is -1.32. The van der Waals surface area contributed by atoms with Gasteiger partial charge < -0.3 is 11.5 Å². The third-order valence-electron chi connectivity index (χ3n) is 2.33. The van der Waals surface area contributed by atoms with E-state index in [1.54, 1.807) is 0 Å². The van der Waals surface area contributed by atoms with Crippen LogP contribution in [0.3, 0.4) is 0 Å². The van der Waals surface area contributed by atoms with Crippen molar-refractivity contribution in [3.8, 4) is 0 Å². The van der Waals surface area contributed by atoms with Gasteiger partial charge in [-0.3, -0.25) is 9.59 Å². The highest BCUT2D eigenvalue weighted by molar-refractivity contribution is 5.85. The molecule has 4 nitrogen and oxygen atoms in total. The van der Waals surface area contributed by atoms with Crippen LogP contribution < -0.4 is 11.5 Å². The Balaban J connectivity index is 3.10. The molecule has 0 aromatic carbocycles. The summed E-state index contributed by atoms with van der Waals surface area (Å²) in [4.78, 5) is 20.8. The van der Waals surface area contributed by atoms with Gasteiger partial charge in [-0.05, 0) is 25.3 Å². The molecule has 4 N–H and O–H groups in total. The van der Waals surface area contributed by atoms with Gasteiger partial charge in [0, 0.05) is 6.42 Å². The Morgan fingerprint density at radius 3 is 2.00 bits per heavy atom. The number of carbonyl (C=O) groups excluding carboxylic acids is 2. The van der Waals surface area contributed by atoms with Crippen molar-refractivity contribution < 1.29 is 9.59 Å². The Morgan fingerprint density at radius 2 is 1.44 bits per heavy atom. The highest BCUT2D eigenvalue weighted by atomic mass is 16.1. The van der Waals surface area contributed by atoms with Gasteiger partial charge in [-0.1, -0.05) is 31.8 Å². The molecule has 16 heavy (non-hydrogen) atoms. The summed E-state index contributed by atoms with van der Waals surface area (Å²) in [5.41, 5.74) is 9.98. The van der Waals surface area contributed by atoms with E-state index < -0.39 is 0 Å². The lowest BCUT2D eigenvalue weighted by atomic mass is 10.1. The predicted octanol–water partition coefficient (Wildman–Crippen LogP) is 1.63. The van der Waals surface area contributed by atoms with E-state index in [0.717, 1.165) is 38.5 Å². The maximum Gasteiger partial charge on any atom is 0.241 e. The van der Waals surface area contributed by atoms with E-state index in [2.05, 4.69) is 0 Å². The lowest BCUT2D eigenvalue weighted by Crippen LogP contribution is -2.09. The Bertz CT molecular complexity index is 237. The average molecular weight is 226 g/mol. The normalized spacial score (nSPS) is 10.8.